The van der Waals surface area contributed by atoms with Crippen molar-refractivity contribution >= 4 is 35.2 Å². The summed E-state index contributed by atoms with van der Waals surface area (Å²) >= 11 is 0. The number of hydrogen-bond acceptors (Lipinski definition) is 6. The molecule has 0 atom stereocenters. The zero-order valence-corrected chi connectivity index (χ0v) is 16.3. The predicted octanol–water partition coefficient (Wildman–Crippen LogP) is 2.72. The molecule has 0 aromatic carbocycles. The quantitative estimate of drug-likeness (QED) is 0.512. The van der Waals surface area contributed by atoms with Gasteiger partial charge in [-0.3, -0.25) is 14.9 Å². The first-order chi connectivity index (χ1) is 14.4. The fourth-order valence-corrected chi connectivity index (χ4v) is 3.90. The lowest BCUT2D eigenvalue weighted by atomic mass is 9.92. The molecule has 3 heterocycles. The molecule has 8 nitrogen and oxygen atoms in total. The van der Waals surface area contributed by atoms with E-state index in [1.807, 2.05) is 6.07 Å². The minimum absolute atomic E-state index is 0.0254. The van der Waals surface area contributed by atoms with Gasteiger partial charge in [-0.2, -0.15) is 9.61 Å². The van der Waals surface area contributed by atoms with Crippen molar-refractivity contribution in [3.63, 3.8) is 0 Å². The number of rotatable bonds is 5. The summed E-state index contributed by atoms with van der Waals surface area (Å²) in [6.07, 6.45) is 5.90. The Morgan fingerprint density at radius 3 is 2.53 bits per heavy atom. The van der Waals surface area contributed by atoms with Crippen molar-refractivity contribution in [2.24, 2.45) is 0 Å². The zero-order chi connectivity index (χ0) is 20.9. The Hall–Kier alpha value is -3.04. The van der Waals surface area contributed by atoms with Crippen molar-refractivity contribution in [2.45, 2.75) is 63.0 Å². The number of nitrogens with zero attached hydrogens (tertiary/aromatic N) is 3. The Morgan fingerprint density at radius 1 is 1.13 bits per heavy atom. The second kappa shape index (κ2) is 7.03. The van der Waals surface area contributed by atoms with Gasteiger partial charge in [-0.1, -0.05) is 0 Å². The number of anilines is 2. The lowest BCUT2D eigenvalue weighted by molar-refractivity contribution is -0.124. The number of hydrogen-bond donors (Lipinski definition) is 3. The van der Waals surface area contributed by atoms with Crippen LogP contribution in [0.2, 0.25) is 0 Å². The highest BCUT2D eigenvalue weighted by atomic mass is 19.3. The summed E-state index contributed by atoms with van der Waals surface area (Å²) in [4.78, 5) is 28.0. The van der Waals surface area contributed by atoms with Crippen LogP contribution in [0.3, 0.4) is 0 Å². The van der Waals surface area contributed by atoms with E-state index in [1.54, 1.807) is 16.8 Å². The summed E-state index contributed by atoms with van der Waals surface area (Å²) in [5.74, 6) is -2.00. The molecule has 3 fully saturated rings. The molecular weight excluding hydrogens is 394 g/mol. The molecule has 2 amide bonds. The van der Waals surface area contributed by atoms with E-state index in [-0.39, 0.29) is 31.2 Å². The van der Waals surface area contributed by atoms with Gasteiger partial charge < -0.3 is 10.6 Å². The number of carbonyl (C=O) groups excluding carboxylic acids is 2. The van der Waals surface area contributed by atoms with Crippen molar-refractivity contribution in [1.82, 2.24) is 19.9 Å². The second-order valence-corrected chi connectivity index (χ2v) is 8.28. The summed E-state index contributed by atoms with van der Waals surface area (Å²) in [6.45, 7) is 0. The molecule has 2 saturated carbocycles. The molecule has 10 heteroatoms. The Labute approximate surface area is 171 Å². The first-order valence-electron chi connectivity index (χ1n) is 10.2. The Morgan fingerprint density at radius 2 is 1.87 bits per heavy atom. The number of imide groups is 1. The number of fused-ring (bicyclic) bond motifs is 1. The number of aromatic nitrogens is 3. The molecule has 2 aromatic rings. The van der Waals surface area contributed by atoms with Crippen LogP contribution in [0.15, 0.2) is 17.8 Å². The molecule has 30 heavy (non-hydrogen) atoms. The fraction of sp³-hybridized carbons (Fsp3) is 0.500. The first kappa shape index (κ1) is 19.0. The Bertz CT molecular complexity index is 1050. The van der Waals surface area contributed by atoms with Crippen LogP contribution >= 0.6 is 0 Å². The standard InChI is InChI=1S/C20H22F2N6O2/c21-20(22)5-3-14(4-6-20)24-15-9-16(25-13-1-2-13)28-18(26-15)12(10-23-28)7-11-8-17(29)27-19(11)30/h7,9-10,13-14,25H,1-6,8H2,(H,24,26)(H,27,29,30)/b11-7+. The van der Waals surface area contributed by atoms with Gasteiger partial charge in [-0.25, -0.2) is 13.8 Å². The van der Waals surface area contributed by atoms with Gasteiger partial charge in [0.1, 0.15) is 11.6 Å². The summed E-state index contributed by atoms with van der Waals surface area (Å²) in [5.41, 5.74) is 1.51. The highest BCUT2D eigenvalue weighted by Crippen LogP contribution is 2.35. The van der Waals surface area contributed by atoms with Gasteiger partial charge in [0.2, 0.25) is 11.8 Å². The molecule has 2 aliphatic carbocycles. The molecule has 3 aliphatic rings. The average Bonchev–Trinajstić information content (AvgIpc) is 3.32. The highest BCUT2D eigenvalue weighted by Gasteiger charge is 2.35. The van der Waals surface area contributed by atoms with Crippen molar-refractivity contribution in [1.29, 1.82) is 0 Å². The third-order valence-corrected chi connectivity index (χ3v) is 5.72. The van der Waals surface area contributed by atoms with Gasteiger partial charge in [-0.15, -0.1) is 0 Å². The van der Waals surface area contributed by atoms with E-state index in [9.17, 15) is 18.4 Å². The highest BCUT2D eigenvalue weighted by molar-refractivity contribution is 6.15. The maximum Gasteiger partial charge on any atom is 0.254 e. The topological polar surface area (TPSA) is 100 Å². The van der Waals surface area contributed by atoms with Crippen molar-refractivity contribution < 1.29 is 18.4 Å². The van der Waals surface area contributed by atoms with Gasteiger partial charge in [0, 0.05) is 42.1 Å². The molecule has 158 valence electrons. The summed E-state index contributed by atoms with van der Waals surface area (Å²) in [7, 11) is 0. The van der Waals surface area contributed by atoms with Crippen LogP contribution in [-0.4, -0.2) is 44.4 Å². The van der Waals surface area contributed by atoms with Crippen LogP contribution in [0, 0.1) is 0 Å². The van der Waals surface area contributed by atoms with Crippen LogP contribution in [-0.2, 0) is 9.59 Å². The number of carbonyl (C=O) groups is 2. The number of amides is 2. The van der Waals surface area contributed by atoms with Gasteiger partial charge in [0.15, 0.2) is 5.65 Å². The number of nitrogens with one attached hydrogen (secondary N) is 3. The van der Waals surface area contributed by atoms with Crippen molar-refractivity contribution in [2.75, 3.05) is 10.6 Å². The van der Waals surface area contributed by atoms with Crippen LogP contribution in [0.4, 0.5) is 20.4 Å². The van der Waals surface area contributed by atoms with E-state index in [4.69, 9.17) is 0 Å². The van der Waals surface area contributed by atoms with E-state index < -0.39 is 11.8 Å². The summed E-state index contributed by atoms with van der Waals surface area (Å²) in [5, 5.41) is 13.4. The molecular formula is C20H22F2N6O2. The SMILES string of the molecule is O=C1C/C(=C\c2cnn3c(NC4CC4)cc(NC4CCC(F)(F)CC4)nc23)C(=O)N1. The summed E-state index contributed by atoms with van der Waals surface area (Å²) in [6, 6.07) is 2.14. The van der Waals surface area contributed by atoms with E-state index in [0.29, 0.717) is 41.5 Å². The number of alkyl halides is 2. The second-order valence-electron chi connectivity index (χ2n) is 8.28. The minimum Gasteiger partial charge on any atom is -0.367 e. The van der Waals surface area contributed by atoms with Gasteiger partial charge in [0.05, 0.1) is 12.6 Å². The van der Waals surface area contributed by atoms with E-state index in [0.717, 1.165) is 18.7 Å². The Kier molecular flexibility index (Phi) is 4.44. The van der Waals surface area contributed by atoms with Gasteiger partial charge >= 0.3 is 0 Å². The van der Waals surface area contributed by atoms with Crippen LogP contribution in [0.1, 0.15) is 50.5 Å². The Balaban J connectivity index is 1.47. The lowest BCUT2D eigenvalue weighted by Gasteiger charge is -2.29. The molecule has 0 bridgehead atoms. The maximum absolute atomic E-state index is 13.5. The molecule has 1 saturated heterocycles. The van der Waals surface area contributed by atoms with Crippen LogP contribution in [0.25, 0.3) is 11.7 Å². The first-order valence-corrected chi connectivity index (χ1v) is 10.2. The third-order valence-electron chi connectivity index (χ3n) is 5.72. The van der Waals surface area contributed by atoms with Crippen molar-refractivity contribution in [3.05, 3.63) is 23.4 Å². The average molecular weight is 416 g/mol. The monoisotopic (exact) mass is 416 g/mol. The molecule has 1 aliphatic heterocycles. The lowest BCUT2D eigenvalue weighted by Crippen LogP contribution is -2.32. The normalized spacial score (nSPS) is 23.2. The molecule has 2 aromatic heterocycles. The van der Waals surface area contributed by atoms with E-state index in [2.05, 4.69) is 26.0 Å². The van der Waals surface area contributed by atoms with Crippen LogP contribution in [0.5, 0.6) is 0 Å². The minimum atomic E-state index is -2.58. The molecule has 0 unspecified atom stereocenters. The maximum atomic E-state index is 13.5. The predicted molar refractivity (Wildman–Crippen MR) is 106 cm³/mol. The van der Waals surface area contributed by atoms with E-state index in [1.165, 1.54) is 0 Å². The largest absolute Gasteiger partial charge is 0.367 e. The van der Waals surface area contributed by atoms with E-state index >= 15 is 0 Å². The molecule has 5 rings (SSSR count). The van der Waals surface area contributed by atoms with Crippen LogP contribution < -0.4 is 16.0 Å². The zero-order valence-electron chi connectivity index (χ0n) is 16.3. The third kappa shape index (κ3) is 3.86. The summed E-state index contributed by atoms with van der Waals surface area (Å²) < 4.78 is 28.6. The molecule has 3 N–H and O–H groups in total. The van der Waals surface area contributed by atoms with Gasteiger partial charge in [0.25, 0.3) is 5.91 Å². The fourth-order valence-electron chi connectivity index (χ4n) is 3.90. The molecule has 0 radical (unpaired) electrons. The van der Waals surface area contributed by atoms with Crippen molar-refractivity contribution in [3.8, 4) is 0 Å². The molecule has 0 spiro atoms. The number of halogens is 2. The smallest absolute Gasteiger partial charge is 0.254 e. The van der Waals surface area contributed by atoms with Gasteiger partial charge in [-0.05, 0) is 31.8 Å².